The number of aromatic amines is 1. The number of tetrazole rings is 1. The van der Waals surface area contributed by atoms with E-state index in [-0.39, 0.29) is 12.0 Å². The fraction of sp³-hybridized carbons (Fsp3) is 0.0714. The zero-order chi connectivity index (χ0) is 27.2. The Hall–Kier alpha value is -5.09. The maximum absolute atomic E-state index is 13.3. The number of nitrogens with zero attached hydrogens (tertiary/aromatic N) is 4. The quantitative estimate of drug-likeness (QED) is 0.258. The Morgan fingerprint density at radius 2 is 1.90 bits per heavy atom. The number of halogens is 1. The summed E-state index contributed by atoms with van der Waals surface area (Å²) in [6.45, 7) is 0. The van der Waals surface area contributed by atoms with Crippen molar-refractivity contribution in [1.82, 2.24) is 30.5 Å². The predicted octanol–water partition coefficient (Wildman–Crippen LogP) is 3.54. The molecule has 10 nitrogen and oxygen atoms in total. The molecule has 3 N–H and O–H groups in total. The molecule has 2 heterocycles. The number of hydrogen-bond acceptors (Lipinski definition) is 6. The third-order valence-corrected chi connectivity index (χ3v) is 6.19. The zero-order valence-electron chi connectivity index (χ0n) is 20.4. The number of amides is 2. The summed E-state index contributed by atoms with van der Waals surface area (Å²) in [6.07, 6.45) is 6.15. The highest BCUT2D eigenvalue weighted by atomic mass is 35.5. The average Bonchev–Trinajstić information content (AvgIpc) is 3.47. The number of H-pyrrole nitrogens is 1. The highest BCUT2D eigenvalue weighted by Crippen LogP contribution is 2.20. The molecule has 1 atom stereocenters. The number of hydrogen-bond donors (Lipinski definition) is 3. The Morgan fingerprint density at radius 3 is 2.69 bits per heavy atom. The topological polar surface area (TPSA) is 135 Å². The molecule has 2 aromatic heterocycles. The van der Waals surface area contributed by atoms with E-state index in [1.165, 1.54) is 17.1 Å². The summed E-state index contributed by atoms with van der Waals surface area (Å²) in [5, 5.41) is 18.5. The molecular weight excluding hydrogens is 518 g/mol. The Labute approximate surface area is 227 Å². The van der Waals surface area contributed by atoms with Gasteiger partial charge in [0.1, 0.15) is 12.4 Å². The van der Waals surface area contributed by atoms with Crippen LogP contribution in [0.3, 0.4) is 0 Å². The first-order chi connectivity index (χ1) is 19.0. The van der Waals surface area contributed by atoms with Gasteiger partial charge < -0.3 is 15.6 Å². The maximum atomic E-state index is 13.3. The number of rotatable bonds is 8. The van der Waals surface area contributed by atoms with E-state index in [9.17, 15) is 14.4 Å². The number of pyridine rings is 1. The van der Waals surface area contributed by atoms with Gasteiger partial charge in [0.15, 0.2) is 0 Å². The van der Waals surface area contributed by atoms with Gasteiger partial charge in [-0.15, -0.1) is 5.10 Å². The van der Waals surface area contributed by atoms with Gasteiger partial charge in [-0.05, 0) is 63.9 Å². The number of anilines is 1. The second-order valence-electron chi connectivity index (χ2n) is 8.64. The van der Waals surface area contributed by atoms with Crippen LogP contribution in [0.2, 0.25) is 5.02 Å². The van der Waals surface area contributed by atoms with Crippen LogP contribution < -0.4 is 16.2 Å². The minimum absolute atomic E-state index is 0.257. The van der Waals surface area contributed by atoms with E-state index in [1.807, 2.05) is 30.3 Å². The number of carbonyl (C=O) groups excluding carboxylic acids is 2. The van der Waals surface area contributed by atoms with Gasteiger partial charge in [0.2, 0.25) is 11.8 Å². The number of aromatic nitrogens is 5. The van der Waals surface area contributed by atoms with Crippen LogP contribution in [0.5, 0.6) is 0 Å². The van der Waals surface area contributed by atoms with Gasteiger partial charge in [-0.25, -0.2) is 0 Å². The van der Waals surface area contributed by atoms with Crippen LogP contribution in [-0.2, 0) is 16.0 Å². The van der Waals surface area contributed by atoms with Crippen molar-refractivity contribution in [3.05, 3.63) is 118 Å². The van der Waals surface area contributed by atoms with Crippen molar-refractivity contribution >= 4 is 46.0 Å². The fourth-order valence-corrected chi connectivity index (χ4v) is 4.25. The molecule has 0 saturated heterocycles. The monoisotopic (exact) mass is 539 g/mol. The Bertz CT molecular complexity index is 1720. The highest BCUT2D eigenvalue weighted by Gasteiger charge is 2.21. The van der Waals surface area contributed by atoms with Crippen molar-refractivity contribution in [3.63, 3.8) is 0 Å². The molecule has 3 aromatic carbocycles. The van der Waals surface area contributed by atoms with Gasteiger partial charge in [-0.2, -0.15) is 4.68 Å². The van der Waals surface area contributed by atoms with Crippen LogP contribution in [-0.4, -0.2) is 43.0 Å². The third-order valence-electron chi connectivity index (χ3n) is 5.96. The molecule has 0 radical (unpaired) electrons. The maximum Gasteiger partial charge on any atom is 0.255 e. The average molecular weight is 540 g/mol. The van der Waals surface area contributed by atoms with Gasteiger partial charge in [0.25, 0.3) is 5.56 Å². The second-order valence-corrected chi connectivity index (χ2v) is 9.08. The van der Waals surface area contributed by atoms with Gasteiger partial charge in [-0.1, -0.05) is 48.0 Å². The largest absolute Gasteiger partial charge is 0.340 e. The van der Waals surface area contributed by atoms with Crippen LogP contribution in [0, 0.1) is 0 Å². The highest BCUT2D eigenvalue weighted by molar-refractivity contribution is 6.30. The molecule has 39 heavy (non-hydrogen) atoms. The number of carbonyl (C=O) groups is 2. The lowest BCUT2D eigenvalue weighted by Crippen LogP contribution is -2.44. The van der Waals surface area contributed by atoms with Crippen LogP contribution in [0.4, 0.5) is 5.69 Å². The molecule has 0 aliphatic rings. The smallest absolute Gasteiger partial charge is 0.255 e. The summed E-state index contributed by atoms with van der Waals surface area (Å²) in [6, 6.07) is 20.4. The fourth-order valence-electron chi connectivity index (χ4n) is 4.07. The van der Waals surface area contributed by atoms with Crippen molar-refractivity contribution in [2.24, 2.45) is 0 Å². The van der Waals surface area contributed by atoms with Crippen LogP contribution >= 0.6 is 11.6 Å². The summed E-state index contributed by atoms with van der Waals surface area (Å²) in [4.78, 5) is 41.1. The summed E-state index contributed by atoms with van der Waals surface area (Å²) < 4.78 is 1.45. The van der Waals surface area contributed by atoms with Gasteiger partial charge in [0, 0.05) is 40.4 Å². The van der Waals surface area contributed by atoms with Crippen molar-refractivity contribution < 1.29 is 9.59 Å². The van der Waals surface area contributed by atoms with Gasteiger partial charge >= 0.3 is 0 Å². The first-order valence-electron chi connectivity index (χ1n) is 11.9. The lowest BCUT2D eigenvalue weighted by atomic mass is 10.0. The minimum Gasteiger partial charge on any atom is -0.340 e. The van der Waals surface area contributed by atoms with E-state index >= 15 is 0 Å². The summed E-state index contributed by atoms with van der Waals surface area (Å²) >= 11 is 6.16. The first kappa shape index (κ1) is 25.6. The van der Waals surface area contributed by atoms with Crippen LogP contribution in [0.25, 0.3) is 22.5 Å². The number of benzene rings is 3. The number of nitrogens with one attached hydrogen (secondary N) is 3. The molecule has 2 amide bonds. The molecule has 5 rings (SSSR count). The third kappa shape index (κ3) is 6.25. The predicted molar refractivity (Wildman–Crippen MR) is 148 cm³/mol. The molecular formula is C28H22ClN7O3. The van der Waals surface area contributed by atoms with Crippen molar-refractivity contribution in [3.8, 4) is 5.69 Å². The summed E-state index contributed by atoms with van der Waals surface area (Å²) in [5.74, 6) is -0.909. The molecule has 0 spiro atoms. The molecule has 194 valence electrons. The zero-order valence-corrected chi connectivity index (χ0v) is 21.2. The molecule has 0 aliphatic carbocycles. The standard InChI is InChI=1S/C28H22ClN7O3/c29-21-8-10-25(36-17-31-34-35-36)20(15-21)7-11-26(37)33-24(14-18-4-2-1-3-5-18)28(39)32-22-9-6-19-12-13-30-27(38)23(19)16-22/h1-13,15-17,24H,14H2,(H,30,38)(H,32,39)(H,33,37)/b11-7+/t24-/m0/s1. The molecule has 5 aromatic rings. The van der Waals surface area contributed by atoms with E-state index in [4.69, 9.17) is 11.6 Å². The molecule has 0 unspecified atom stereocenters. The molecule has 0 bridgehead atoms. The first-order valence-corrected chi connectivity index (χ1v) is 12.3. The molecule has 11 heteroatoms. The lowest BCUT2D eigenvalue weighted by Gasteiger charge is -2.18. The van der Waals surface area contributed by atoms with Crippen molar-refractivity contribution in [2.75, 3.05) is 5.32 Å². The van der Waals surface area contributed by atoms with E-state index in [0.29, 0.717) is 27.3 Å². The van der Waals surface area contributed by atoms with Crippen molar-refractivity contribution in [1.29, 1.82) is 0 Å². The van der Waals surface area contributed by atoms with Gasteiger partial charge in [-0.3, -0.25) is 14.4 Å². The Kier molecular flexibility index (Phi) is 7.56. The summed E-state index contributed by atoms with van der Waals surface area (Å²) in [5.41, 5.74) is 2.28. The Morgan fingerprint density at radius 1 is 1.05 bits per heavy atom. The van der Waals surface area contributed by atoms with E-state index in [0.717, 1.165) is 10.9 Å². The minimum atomic E-state index is -0.896. The van der Waals surface area contributed by atoms with E-state index < -0.39 is 17.9 Å². The number of fused-ring (bicyclic) bond motifs is 1. The van der Waals surface area contributed by atoms with Gasteiger partial charge in [0.05, 0.1) is 5.69 Å². The lowest BCUT2D eigenvalue weighted by molar-refractivity contribution is -0.123. The second kappa shape index (κ2) is 11.5. The Balaban J connectivity index is 1.37. The molecule has 0 aliphatic heterocycles. The van der Waals surface area contributed by atoms with E-state index in [1.54, 1.807) is 54.7 Å². The van der Waals surface area contributed by atoms with Crippen LogP contribution in [0.1, 0.15) is 11.1 Å². The van der Waals surface area contributed by atoms with Crippen LogP contribution in [0.15, 0.2) is 96.2 Å². The van der Waals surface area contributed by atoms with Crippen molar-refractivity contribution in [2.45, 2.75) is 12.5 Å². The normalized spacial score (nSPS) is 11.9. The molecule has 0 fully saturated rings. The SMILES string of the molecule is O=C(/C=C/c1cc(Cl)ccc1-n1cnnn1)N[C@@H](Cc1ccccc1)C(=O)Nc1ccc2cc[nH]c(=O)c2c1. The van der Waals surface area contributed by atoms with E-state index in [2.05, 4.69) is 31.1 Å². The molecule has 0 saturated carbocycles. The summed E-state index contributed by atoms with van der Waals surface area (Å²) in [7, 11) is 0.